The highest BCUT2D eigenvalue weighted by molar-refractivity contribution is 7.91. The largest absolute Gasteiger partial charge is 0.271 e. The van der Waals surface area contributed by atoms with Crippen LogP contribution in [-0.2, 0) is 16.3 Å². The Morgan fingerprint density at radius 3 is 2.74 bits per heavy atom. The molecule has 4 nitrogen and oxygen atoms in total. The Bertz CT molecular complexity index is 491. The molecule has 6 heteroatoms. The Balaban J connectivity index is 2.46. The quantitative estimate of drug-likeness (QED) is 0.568. The van der Waals surface area contributed by atoms with Crippen LogP contribution in [0.25, 0.3) is 0 Å². The van der Waals surface area contributed by atoms with E-state index in [1.54, 1.807) is 6.92 Å². The number of hydrogen-bond donors (Lipinski definition) is 2. The maximum Gasteiger partial charge on any atom is 0.150 e. The lowest BCUT2D eigenvalue weighted by atomic mass is 10.0. The third kappa shape index (κ3) is 6.38. The molecule has 108 valence electrons. The van der Waals surface area contributed by atoms with Gasteiger partial charge in [-0.2, -0.15) is 0 Å². The fraction of sp³-hybridized carbons (Fsp3) is 0.538. The van der Waals surface area contributed by atoms with Crippen molar-refractivity contribution in [2.45, 2.75) is 32.2 Å². The zero-order valence-electron chi connectivity index (χ0n) is 11.1. The minimum absolute atomic E-state index is 0.0607. The van der Waals surface area contributed by atoms with Gasteiger partial charge in [0.15, 0.2) is 0 Å². The first-order valence-electron chi connectivity index (χ1n) is 6.38. The van der Waals surface area contributed by atoms with E-state index in [4.69, 9.17) is 17.4 Å². The summed E-state index contributed by atoms with van der Waals surface area (Å²) in [6.07, 6.45) is 2.08. The number of benzene rings is 1. The molecule has 1 aromatic carbocycles. The maximum absolute atomic E-state index is 11.4. The van der Waals surface area contributed by atoms with Gasteiger partial charge in [0.05, 0.1) is 5.75 Å². The number of halogens is 1. The highest BCUT2D eigenvalue weighted by Crippen LogP contribution is 2.14. The van der Waals surface area contributed by atoms with E-state index in [2.05, 4.69) is 5.43 Å². The third-order valence-corrected chi connectivity index (χ3v) is 5.08. The first kappa shape index (κ1) is 16.4. The minimum atomic E-state index is -2.89. The number of hydrazine groups is 1. The van der Waals surface area contributed by atoms with Gasteiger partial charge in [-0.1, -0.05) is 30.7 Å². The van der Waals surface area contributed by atoms with Crippen LogP contribution in [0.4, 0.5) is 0 Å². The van der Waals surface area contributed by atoms with Gasteiger partial charge in [-0.05, 0) is 37.0 Å². The molecule has 1 rings (SSSR count). The summed E-state index contributed by atoms with van der Waals surface area (Å²) in [5.74, 6) is 5.92. The van der Waals surface area contributed by atoms with Crippen molar-refractivity contribution in [2.24, 2.45) is 5.84 Å². The smallest absolute Gasteiger partial charge is 0.150 e. The number of sulfone groups is 1. The van der Waals surface area contributed by atoms with Gasteiger partial charge in [0.1, 0.15) is 9.84 Å². The molecule has 0 aliphatic carbocycles. The van der Waals surface area contributed by atoms with Crippen molar-refractivity contribution >= 4 is 21.4 Å². The van der Waals surface area contributed by atoms with Crippen LogP contribution in [0.3, 0.4) is 0 Å². The van der Waals surface area contributed by atoms with Crippen LogP contribution >= 0.6 is 11.6 Å². The van der Waals surface area contributed by atoms with Gasteiger partial charge in [0.2, 0.25) is 0 Å². The monoisotopic (exact) mass is 304 g/mol. The van der Waals surface area contributed by atoms with Crippen LogP contribution in [0.1, 0.15) is 25.3 Å². The third-order valence-electron chi connectivity index (χ3n) is 3.05. The van der Waals surface area contributed by atoms with E-state index >= 15 is 0 Å². The van der Waals surface area contributed by atoms with Crippen LogP contribution < -0.4 is 11.3 Å². The summed E-state index contributed by atoms with van der Waals surface area (Å²) in [7, 11) is -2.89. The van der Waals surface area contributed by atoms with Crippen molar-refractivity contribution in [3.05, 3.63) is 34.9 Å². The van der Waals surface area contributed by atoms with Crippen molar-refractivity contribution in [1.29, 1.82) is 0 Å². The second-order valence-corrected chi connectivity index (χ2v) is 7.49. The zero-order chi connectivity index (χ0) is 14.3. The number of nitrogens with two attached hydrogens (primary N) is 1. The highest BCUT2D eigenvalue weighted by Gasteiger charge is 2.11. The predicted molar refractivity (Wildman–Crippen MR) is 79.8 cm³/mol. The van der Waals surface area contributed by atoms with E-state index in [1.165, 1.54) is 0 Å². The van der Waals surface area contributed by atoms with Crippen molar-refractivity contribution < 1.29 is 8.42 Å². The molecule has 1 aromatic rings. The molecule has 0 amide bonds. The number of rotatable bonds is 8. The van der Waals surface area contributed by atoms with Crippen LogP contribution in [0.15, 0.2) is 24.3 Å². The summed E-state index contributed by atoms with van der Waals surface area (Å²) in [5, 5.41) is 0.696. The molecular formula is C13H21ClN2O2S. The Labute approximate surface area is 120 Å². The summed E-state index contributed by atoms with van der Waals surface area (Å²) in [5.41, 5.74) is 3.83. The van der Waals surface area contributed by atoms with Gasteiger partial charge in [-0.3, -0.25) is 11.3 Å². The van der Waals surface area contributed by atoms with E-state index in [0.29, 0.717) is 11.4 Å². The van der Waals surface area contributed by atoms with E-state index in [0.717, 1.165) is 18.4 Å². The van der Waals surface area contributed by atoms with Crippen LogP contribution in [0.5, 0.6) is 0 Å². The Kier molecular flexibility index (Phi) is 6.79. The van der Waals surface area contributed by atoms with Gasteiger partial charge in [-0.25, -0.2) is 8.42 Å². The molecule has 0 aromatic heterocycles. The summed E-state index contributed by atoms with van der Waals surface area (Å²) in [4.78, 5) is 0. The lowest BCUT2D eigenvalue weighted by Crippen LogP contribution is -2.37. The van der Waals surface area contributed by atoms with Crippen molar-refractivity contribution in [3.63, 3.8) is 0 Å². The molecule has 3 N–H and O–H groups in total. The molecule has 0 saturated carbocycles. The second kappa shape index (κ2) is 7.85. The summed E-state index contributed by atoms with van der Waals surface area (Å²) < 4.78 is 22.8. The normalized spacial score (nSPS) is 13.4. The Hall–Kier alpha value is -0.620. The average Bonchev–Trinajstić information content (AvgIpc) is 2.37. The standard InChI is InChI=1S/C13H21ClN2O2S/c1-2-19(17,18)8-4-7-13(16-15)10-11-5-3-6-12(14)9-11/h3,5-6,9,13,16H,2,4,7-8,10,15H2,1H3. The highest BCUT2D eigenvalue weighted by atomic mass is 35.5. The fourth-order valence-corrected chi connectivity index (χ4v) is 2.99. The fourth-order valence-electron chi connectivity index (χ4n) is 1.89. The van der Waals surface area contributed by atoms with Crippen LogP contribution in [-0.4, -0.2) is 26.0 Å². The molecule has 19 heavy (non-hydrogen) atoms. The van der Waals surface area contributed by atoms with Gasteiger partial charge in [0.25, 0.3) is 0 Å². The van der Waals surface area contributed by atoms with Crippen molar-refractivity contribution in [3.8, 4) is 0 Å². The average molecular weight is 305 g/mol. The zero-order valence-corrected chi connectivity index (χ0v) is 12.7. The lowest BCUT2D eigenvalue weighted by Gasteiger charge is -2.16. The SMILES string of the molecule is CCS(=O)(=O)CCCC(Cc1cccc(Cl)c1)NN. The number of nitrogens with one attached hydrogen (secondary N) is 1. The molecule has 1 unspecified atom stereocenters. The molecule has 0 aliphatic rings. The first-order chi connectivity index (χ1) is 8.96. The van der Waals surface area contributed by atoms with Crippen molar-refractivity contribution in [2.75, 3.05) is 11.5 Å². The molecule has 1 atom stereocenters. The van der Waals surface area contributed by atoms with Crippen LogP contribution in [0, 0.1) is 0 Å². The topological polar surface area (TPSA) is 72.2 Å². The lowest BCUT2D eigenvalue weighted by molar-refractivity contribution is 0.484. The first-order valence-corrected chi connectivity index (χ1v) is 8.57. The minimum Gasteiger partial charge on any atom is -0.271 e. The predicted octanol–water partition coefficient (Wildman–Crippen LogP) is 1.93. The summed E-state index contributed by atoms with van der Waals surface area (Å²) in [6.45, 7) is 1.67. The van der Waals surface area contributed by atoms with E-state index in [-0.39, 0.29) is 17.5 Å². The molecule has 0 bridgehead atoms. The van der Waals surface area contributed by atoms with E-state index in [1.807, 2.05) is 24.3 Å². The van der Waals surface area contributed by atoms with E-state index < -0.39 is 9.84 Å². The molecule has 0 saturated heterocycles. The molecule has 0 heterocycles. The molecule has 0 aliphatic heterocycles. The summed E-state index contributed by atoms with van der Waals surface area (Å²) in [6, 6.07) is 7.66. The maximum atomic E-state index is 11.4. The van der Waals surface area contributed by atoms with E-state index in [9.17, 15) is 8.42 Å². The second-order valence-electron chi connectivity index (χ2n) is 4.58. The molecule has 0 fully saturated rings. The molecular weight excluding hydrogens is 284 g/mol. The Morgan fingerprint density at radius 1 is 1.42 bits per heavy atom. The van der Waals surface area contributed by atoms with Crippen molar-refractivity contribution in [1.82, 2.24) is 5.43 Å². The molecule has 0 radical (unpaired) electrons. The number of hydrogen-bond acceptors (Lipinski definition) is 4. The molecule has 0 spiro atoms. The van der Waals surface area contributed by atoms with Crippen LogP contribution in [0.2, 0.25) is 5.02 Å². The van der Waals surface area contributed by atoms with Gasteiger partial charge in [0, 0.05) is 16.8 Å². The Morgan fingerprint density at radius 2 is 2.16 bits per heavy atom. The van der Waals surface area contributed by atoms with Gasteiger partial charge < -0.3 is 0 Å². The summed E-state index contributed by atoms with van der Waals surface area (Å²) >= 11 is 5.92. The van der Waals surface area contributed by atoms with Gasteiger partial charge in [-0.15, -0.1) is 0 Å². The van der Waals surface area contributed by atoms with Gasteiger partial charge >= 0.3 is 0 Å².